The molecule has 2 aliphatic rings. The first-order chi connectivity index (χ1) is 16.1. The summed E-state index contributed by atoms with van der Waals surface area (Å²) >= 11 is 0. The lowest BCUT2D eigenvalue weighted by molar-refractivity contribution is -0.113. The van der Waals surface area contributed by atoms with Crippen molar-refractivity contribution < 1.29 is 18.5 Å². The van der Waals surface area contributed by atoms with Gasteiger partial charge in [0.1, 0.15) is 16.7 Å². The number of fused-ring (bicyclic) bond motifs is 2. The standard InChI is InChI=1S/C27H21NO4S/c1-32-18-11-13-19(14-12-18)33(31)28-24-16-23(27(30)22-9-5-4-8-21(22)24)26-20-7-3-2-6-17(20)10-15-25(26)29/h2-9,11-14,16,28H,10,15H2,1H3/b26-23-. The third-order valence-electron chi connectivity index (χ3n) is 5.93. The maximum Gasteiger partial charge on any atom is 0.194 e. The van der Waals surface area contributed by atoms with Gasteiger partial charge >= 0.3 is 0 Å². The maximum atomic E-state index is 13.5. The van der Waals surface area contributed by atoms with Crippen molar-refractivity contribution in [1.29, 1.82) is 0 Å². The van der Waals surface area contributed by atoms with Gasteiger partial charge < -0.3 is 9.46 Å². The maximum absolute atomic E-state index is 13.5. The molecule has 0 heterocycles. The number of methoxy groups -OCH3 is 1. The minimum atomic E-state index is -1.58. The number of allylic oxidation sites excluding steroid dienone is 3. The molecule has 0 saturated carbocycles. The summed E-state index contributed by atoms with van der Waals surface area (Å²) in [5, 5.41) is 0. The highest BCUT2D eigenvalue weighted by molar-refractivity contribution is 7.83. The highest BCUT2D eigenvalue weighted by atomic mass is 32.2. The smallest absolute Gasteiger partial charge is 0.194 e. The van der Waals surface area contributed by atoms with Crippen LogP contribution in [0.15, 0.2) is 89.3 Å². The summed E-state index contributed by atoms with van der Waals surface area (Å²) in [5.41, 5.74) is 4.29. The van der Waals surface area contributed by atoms with Crippen LogP contribution < -0.4 is 9.46 Å². The zero-order valence-corrected chi connectivity index (χ0v) is 18.8. The van der Waals surface area contributed by atoms with E-state index in [-0.39, 0.29) is 11.6 Å². The molecular weight excluding hydrogens is 434 g/mol. The molecule has 1 atom stereocenters. The van der Waals surface area contributed by atoms with Crippen molar-refractivity contribution in [2.75, 3.05) is 7.11 Å². The fraction of sp³-hybridized carbons (Fsp3) is 0.111. The first-order valence-corrected chi connectivity index (χ1v) is 11.8. The number of carbonyl (C=O) groups is 2. The molecular formula is C27H21NO4S. The fourth-order valence-corrected chi connectivity index (χ4v) is 5.15. The molecule has 164 valence electrons. The molecule has 0 spiro atoms. The van der Waals surface area contributed by atoms with Gasteiger partial charge in [0.25, 0.3) is 0 Å². The molecule has 33 heavy (non-hydrogen) atoms. The summed E-state index contributed by atoms with van der Waals surface area (Å²) in [7, 11) is -0.00201. The molecule has 0 bridgehead atoms. The number of hydrogen-bond acceptors (Lipinski definition) is 4. The van der Waals surface area contributed by atoms with Crippen molar-refractivity contribution in [2.24, 2.45) is 0 Å². The van der Waals surface area contributed by atoms with Crippen molar-refractivity contribution in [1.82, 2.24) is 4.72 Å². The van der Waals surface area contributed by atoms with Crippen LogP contribution in [0.2, 0.25) is 0 Å². The Labute approximate surface area is 194 Å². The van der Waals surface area contributed by atoms with Crippen LogP contribution in [-0.4, -0.2) is 22.9 Å². The van der Waals surface area contributed by atoms with Gasteiger partial charge in [0.2, 0.25) is 0 Å². The van der Waals surface area contributed by atoms with Crippen LogP contribution in [0.4, 0.5) is 0 Å². The number of aryl methyl sites for hydroxylation is 1. The van der Waals surface area contributed by atoms with E-state index in [9.17, 15) is 13.8 Å². The zero-order valence-electron chi connectivity index (χ0n) is 18.0. The average Bonchev–Trinajstić information content (AvgIpc) is 2.86. The van der Waals surface area contributed by atoms with Crippen molar-refractivity contribution in [3.8, 4) is 5.75 Å². The van der Waals surface area contributed by atoms with Gasteiger partial charge in [0.15, 0.2) is 11.6 Å². The highest BCUT2D eigenvalue weighted by Crippen LogP contribution is 2.36. The van der Waals surface area contributed by atoms with Crippen LogP contribution >= 0.6 is 0 Å². The van der Waals surface area contributed by atoms with Gasteiger partial charge in [-0.25, -0.2) is 4.21 Å². The Bertz CT molecular complexity index is 1370. The summed E-state index contributed by atoms with van der Waals surface area (Å²) < 4.78 is 21.3. The van der Waals surface area contributed by atoms with Crippen LogP contribution in [0.25, 0.3) is 11.3 Å². The largest absolute Gasteiger partial charge is 0.497 e. The molecule has 0 aliphatic heterocycles. The Kier molecular flexibility index (Phi) is 5.52. The zero-order chi connectivity index (χ0) is 22.9. The van der Waals surface area contributed by atoms with Gasteiger partial charge in [-0.2, -0.15) is 0 Å². The molecule has 2 aliphatic carbocycles. The van der Waals surface area contributed by atoms with Gasteiger partial charge in [-0.1, -0.05) is 48.5 Å². The van der Waals surface area contributed by atoms with E-state index >= 15 is 0 Å². The number of nitrogens with one attached hydrogen (secondary N) is 1. The molecule has 5 rings (SSSR count). The first kappa shape index (κ1) is 21.1. The molecule has 0 radical (unpaired) electrons. The number of rotatable bonds is 4. The van der Waals surface area contributed by atoms with Crippen molar-refractivity contribution in [3.63, 3.8) is 0 Å². The van der Waals surface area contributed by atoms with Crippen molar-refractivity contribution in [3.05, 3.63) is 107 Å². The molecule has 1 N–H and O–H groups in total. The third-order valence-corrected chi connectivity index (χ3v) is 7.03. The molecule has 0 amide bonds. The number of carbonyl (C=O) groups excluding carboxylic acids is 2. The highest BCUT2D eigenvalue weighted by Gasteiger charge is 2.31. The van der Waals surface area contributed by atoms with Crippen LogP contribution in [0, 0.1) is 0 Å². The minimum absolute atomic E-state index is 0.0525. The van der Waals surface area contributed by atoms with E-state index in [1.165, 1.54) is 0 Å². The van der Waals surface area contributed by atoms with E-state index in [1.807, 2.05) is 36.4 Å². The second-order valence-electron chi connectivity index (χ2n) is 7.85. The number of hydrogen-bond donors (Lipinski definition) is 1. The van der Waals surface area contributed by atoms with E-state index in [4.69, 9.17) is 4.74 Å². The lowest BCUT2D eigenvalue weighted by Gasteiger charge is -2.24. The van der Waals surface area contributed by atoms with E-state index in [2.05, 4.69) is 4.72 Å². The van der Waals surface area contributed by atoms with E-state index in [1.54, 1.807) is 49.6 Å². The molecule has 5 nitrogen and oxygen atoms in total. The lowest BCUT2D eigenvalue weighted by Crippen LogP contribution is -2.24. The summed E-state index contributed by atoms with van der Waals surface area (Å²) in [5.74, 6) is 0.416. The quantitative estimate of drug-likeness (QED) is 0.588. The Morgan fingerprint density at radius 3 is 2.21 bits per heavy atom. The normalized spacial score (nSPS) is 18.2. The van der Waals surface area contributed by atoms with Gasteiger partial charge in [0, 0.05) is 28.7 Å². The Morgan fingerprint density at radius 2 is 1.48 bits per heavy atom. The Morgan fingerprint density at radius 1 is 0.818 bits per heavy atom. The van der Waals surface area contributed by atoms with Crippen LogP contribution in [-0.2, 0) is 22.2 Å². The van der Waals surface area contributed by atoms with Gasteiger partial charge in [0.05, 0.1) is 17.7 Å². The molecule has 3 aromatic carbocycles. The molecule has 3 aromatic rings. The number of Topliss-reactive ketones (excluding diaryl/α,β-unsaturated/α-hetero) is 2. The Balaban J connectivity index is 1.63. The topological polar surface area (TPSA) is 72.5 Å². The SMILES string of the molecule is COc1ccc(S(=O)NC2=C/C(=C3/C(=O)CCc4ccccc43)C(=O)c3ccccc32)cc1. The summed E-state index contributed by atoms with van der Waals surface area (Å²) in [6.07, 6.45) is 2.69. The molecule has 0 aromatic heterocycles. The molecule has 6 heteroatoms. The minimum Gasteiger partial charge on any atom is -0.497 e. The van der Waals surface area contributed by atoms with E-state index in [0.29, 0.717) is 51.5 Å². The molecule has 0 fully saturated rings. The van der Waals surface area contributed by atoms with Gasteiger partial charge in [-0.3, -0.25) is 9.59 Å². The van der Waals surface area contributed by atoms with Crippen molar-refractivity contribution in [2.45, 2.75) is 17.7 Å². The summed E-state index contributed by atoms with van der Waals surface area (Å²) in [4.78, 5) is 27.0. The number of ketones is 2. The summed E-state index contributed by atoms with van der Waals surface area (Å²) in [6.45, 7) is 0. The first-order valence-electron chi connectivity index (χ1n) is 10.6. The summed E-state index contributed by atoms with van der Waals surface area (Å²) in [6, 6.07) is 21.8. The average molecular weight is 456 g/mol. The van der Waals surface area contributed by atoms with E-state index < -0.39 is 11.0 Å². The van der Waals surface area contributed by atoms with Crippen LogP contribution in [0.1, 0.15) is 33.5 Å². The lowest BCUT2D eigenvalue weighted by atomic mass is 9.79. The fourth-order valence-electron chi connectivity index (χ4n) is 4.28. The second kappa shape index (κ2) is 8.64. The predicted octanol–water partition coefficient (Wildman–Crippen LogP) is 4.51. The Hall–Kier alpha value is -3.77. The predicted molar refractivity (Wildman–Crippen MR) is 128 cm³/mol. The molecule has 1 unspecified atom stereocenters. The van der Waals surface area contributed by atoms with Gasteiger partial charge in [-0.15, -0.1) is 0 Å². The van der Waals surface area contributed by atoms with Crippen LogP contribution in [0.5, 0.6) is 5.75 Å². The van der Waals surface area contributed by atoms with Gasteiger partial charge in [-0.05, 0) is 47.9 Å². The third kappa shape index (κ3) is 3.83. The monoisotopic (exact) mass is 455 g/mol. The number of ether oxygens (including phenoxy) is 1. The van der Waals surface area contributed by atoms with Crippen molar-refractivity contribution >= 4 is 33.8 Å². The van der Waals surface area contributed by atoms with Crippen LogP contribution in [0.3, 0.4) is 0 Å². The number of benzene rings is 3. The second-order valence-corrected chi connectivity index (χ2v) is 9.06. The molecule has 0 saturated heterocycles. The van der Waals surface area contributed by atoms with E-state index in [0.717, 1.165) is 11.1 Å².